The fourth-order valence-corrected chi connectivity index (χ4v) is 11.9. The normalized spacial score (nSPS) is 14.4. The molecule has 45 heteroatoms. The van der Waals surface area contributed by atoms with Crippen LogP contribution in [0.25, 0.3) is 0 Å². The number of phenolic OH excluding ortho intramolecular Hbond substituents is 1. The average molecular weight is 1700 g/mol. The SMILES string of the molecule is CSCC[C@H](NC(=O)[C@H](CC(C)C)NC(=O)[C@H](CCC(=O)O)NC(=O)[C@H](CCC(=O)O)NC(=O)[C@@H](N)CCCCN)C(=O)N[C@@H](CC(C)C)C(=O)N[C@@H](CCCN=C(N)N)C(=O)N[C@@H](CC(C)C)C(=O)N[C@@H](CCC(N)=O)C(=O)N[C@@H](CC(=O)O)C(=O)N[C@@H](Cc1ccc(O)cc1)C(=O)N[C@@H](CCC(=O)O)C(=O)N[C@@H](CCC(=O)O)C(=O)O. The lowest BCUT2D eigenvalue weighted by molar-refractivity contribution is -0.144. The molecule has 0 saturated carbocycles. The Bertz CT molecular complexity index is 3620. The van der Waals surface area contributed by atoms with Crippen LogP contribution < -0.4 is 92.5 Å². The molecule has 0 bridgehead atoms. The number of nitrogens with zero attached hydrogens (tertiary/aromatic N) is 1. The number of nitrogens with one attached hydrogen (secondary N) is 12. The first-order valence-electron chi connectivity index (χ1n) is 38.3. The predicted molar refractivity (Wildman–Crippen MR) is 423 cm³/mol. The van der Waals surface area contributed by atoms with Crippen molar-refractivity contribution in [3.05, 3.63) is 29.8 Å². The van der Waals surface area contributed by atoms with E-state index in [0.29, 0.717) is 19.4 Å². The second-order valence-electron chi connectivity index (χ2n) is 29.3. The van der Waals surface area contributed by atoms with Gasteiger partial charge in [-0.3, -0.25) is 91.3 Å². The lowest BCUT2D eigenvalue weighted by atomic mass is 9.99. The Balaban J connectivity index is 3.86. The van der Waals surface area contributed by atoms with Gasteiger partial charge >= 0.3 is 35.8 Å². The van der Waals surface area contributed by atoms with E-state index in [2.05, 4.69) is 63.5 Å². The summed E-state index contributed by atoms with van der Waals surface area (Å²) in [6.07, 6.45) is -6.47. The van der Waals surface area contributed by atoms with Crippen LogP contribution >= 0.6 is 11.8 Å². The molecule has 0 unspecified atom stereocenters. The van der Waals surface area contributed by atoms with E-state index in [1.165, 1.54) is 36.0 Å². The van der Waals surface area contributed by atoms with Gasteiger partial charge in [0.05, 0.1) is 12.5 Å². The molecular formula is C73H118N18O26S. The molecule has 0 saturated heterocycles. The third kappa shape index (κ3) is 44.0. The van der Waals surface area contributed by atoms with E-state index in [9.17, 15) is 122 Å². The molecule has 0 aromatic heterocycles. The highest BCUT2D eigenvalue weighted by Crippen LogP contribution is 2.17. The number of unbranched alkanes of at least 4 members (excludes halogenated alkanes) is 1. The predicted octanol–water partition coefficient (Wildman–Crippen LogP) is -4.56. The number of rotatable bonds is 61. The van der Waals surface area contributed by atoms with Crippen molar-refractivity contribution in [3.63, 3.8) is 0 Å². The Kier molecular flexibility index (Phi) is 48.9. The number of phenols is 1. The highest BCUT2D eigenvalue weighted by Gasteiger charge is 2.39. The van der Waals surface area contributed by atoms with E-state index < -0.39 is 274 Å². The van der Waals surface area contributed by atoms with Crippen LogP contribution in [0.1, 0.15) is 176 Å². The molecule has 662 valence electrons. The van der Waals surface area contributed by atoms with E-state index >= 15 is 0 Å². The van der Waals surface area contributed by atoms with Gasteiger partial charge in [0.1, 0.15) is 78.3 Å². The topological polar surface area (TPSA) is 753 Å². The number of carbonyl (C=O) groups excluding carboxylic acids is 13. The molecule has 13 amide bonds. The molecule has 0 radical (unpaired) electrons. The standard InChI is InChI=1S/C73H118N18O26S/c1-36(2)31-49(89-66(110)47(27-30-118-7)85-69(113)51(33-38(5)6)88-65(109)46(20-25-57(98)99)82-62(106)44(18-23-55(94)95)80-60(104)41(75)11-8-9-28-74)67(111)81-42(12-10-29-79-73(77)78)61(105)87-50(32-37(3)4)68(112)83-43(17-22-54(76)93)64(108)91-53(35-59(102)103)71(115)90-52(34-39-13-15-40(92)16-14-39)70(114)84-45(19-24-56(96)97)63(107)86-48(72(116)117)21-26-58(100)101/h13-16,36-38,41-53,92H,8-12,17-35,74-75H2,1-7H3,(H2,76,93)(H,80,104)(H,81,111)(H,82,106)(H,83,112)(H,84,114)(H,85,113)(H,86,107)(H,87,105)(H,88,109)(H,89,110)(H,90,115)(H,91,108)(H,94,95)(H,96,97)(H,98,99)(H,100,101)(H,102,103)(H,116,117)(H4,77,78,79)/t41-,42-,43-,44-,45-,46-,47-,48-,49-,50-,51-,52-,53-/m0/s1. The summed E-state index contributed by atoms with van der Waals surface area (Å²) in [7, 11) is 0. The Labute approximate surface area is 685 Å². The first kappa shape index (κ1) is 104. The fraction of sp³-hybridized carbons (Fsp3) is 0.644. The number of aliphatic carboxylic acids is 6. The number of benzene rings is 1. The van der Waals surface area contributed by atoms with Crippen molar-refractivity contribution >= 4 is 130 Å². The highest BCUT2D eigenvalue weighted by atomic mass is 32.2. The van der Waals surface area contributed by atoms with Crippen molar-refractivity contribution < 1.29 is 127 Å². The van der Waals surface area contributed by atoms with Crippen LogP contribution in [0.5, 0.6) is 5.75 Å². The molecule has 1 rings (SSSR count). The number of guanidine groups is 1. The van der Waals surface area contributed by atoms with E-state index in [4.69, 9.17) is 33.8 Å². The van der Waals surface area contributed by atoms with E-state index in [-0.39, 0.29) is 86.4 Å². The van der Waals surface area contributed by atoms with E-state index in [1.807, 2.05) is 5.32 Å². The number of primary amides is 1. The summed E-state index contributed by atoms with van der Waals surface area (Å²) in [5.74, 6) is -25.1. The average Bonchev–Trinajstić information content (AvgIpc) is 0.849. The van der Waals surface area contributed by atoms with Gasteiger partial charge in [-0.05, 0) is 137 Å². The summed E-state index contributed by atoms with van der Waals surface area (Å²) >= 11 is 1.26. The van der Waals surface area contributed by atoms with Crippen molar-refractivity contribution in [1.82, 2.24) is 63.8 Å². The van der Waals surface area contributed by atoms with Crippen molar-refractivity contribution in [2.24, 2.45) is 51.4 Å². The highest BCUT2D eigenvalue weighted by molar-refractivity contribution is 7.98. The van der Waals surface area contributed by atoms with Gasteiger partial charge in [-0.1, -0.05) is 60.1 Å². The second kappa shape index (κ2) is 55.2. The number of amides is 13. The van der Waals surface area contributed by atoms with Crippen LogP contribution in [-0.2, 0) is 97.5 Å². The van der Waals surface area contributed by atoms with Crippen LogP contribution in [0.3, 0.4) is 0 Å². The molecule has 0 aliphatic rings. The number of nitrogens with two attached hydrogens (primary N) is 5. The first-order chi connectivity index (χ1) is 55.3. The van der Waals surface area contributed by atoms with Crippen LogP contribution in [0.15, 0.2) is 29.3 Å². The van der Waals surface area contributed by atoms with Crippen molar-refractivity contribution in [3.8, 4) is 5.75 Å². The van der Waals surface area contributed by atoms with Gasteiger partial charge in [-0.2, -0.15) is 11.8 Å². The number of carbonyl (C=O) groups is 19. The Hall–Kier alpha value is -11.5. The van der Waals surface area contributed by atoms with E-state index in [0.717, 1.165) is 0 Å². The van der Waals surface area contributed by atoms with Gasteiger partial charge < -0.3 is 128 Å². The minimum Gasteiger partial charge on any atom is -0.508 e. The molecule has 1 aromatic carbocycles. The van der Waals surface area contributed by atoms with Crippen LogP contribution in [0.4, 0.5) is 0 Å². The summed E-state index contributed by atoms with van der Waals surface area (Å²) in [6, 6.07) is -16.9. The summed E-state index contributed by atoms with van der Waals surface area (Å²) in [5, 5.41) is 96.4. The Morgan fingerprint density at radius 3 is 1.01 bits per heavy atom. The number of aliphatic imine (C=N–C) groups is 1. The zero-order valence-electron chi connectivity index (χ0n) is 67.1. The summed E-state index contributed by atoms with van der Waals surface area (Å²) in [6.45, 7) is 10.2. The first-order valence-corrected chi connectivity index (χ1v) is 39.7. The molecular weight excluding hydrogens is 1580 g/mol. The zero-order valence-corrected chi connectivity index (χ0v) is 68.0. The number of hydrogen-bond acceptors (Lipinski definition) is 24. The van der Waals surface area contributed by atoms with Gasteiger partial charge in [-0.15, -0.1) is 0 Å². The van der Waals surface area contributed by atoms with Crippen LogP contribution in [-0.4, -0.2) is 258 Å². The minimum atomic E-state index is -2.18. The maximum Gasteiger partial charge on any atom is 0.326 e. The molecule has 13 atom stereocenters. The van der Waals surface area contributed by atoms with Gasteiger partial charge in [0, 0.05) is 45.1 Å². The maximum absolute atomic E-state index is 14.7. The molecule has 0 fully saturated rings. The molecule has 0 spiro atoms. The smallest absolute Gasteiger partial charge is 0.326 e. The molecule has 0 aliphatic heterocycles. The minimum absolute atomic E-state index is 0.0290. The maximum atomic E-state index is 14.7. The molecule has 118 heavy (non-hydrogen) atoms. The third-order valence-corrected chi connectivity index (χ3v) is 18.2. The van der Waals surface area contributed by atoms with Crippen LogP contribution in [0, 0.1) is 17.8 Å². The summed E-state index contributed by atoms with van der Waals surface area (Å²) in [5.41, 5.74) is 28.4. The Morgan fingerprint density at radius 1 is 0.364 bits per heavy atom. The van der Waals surface area contributed by atoms with Crippen LogP contribution in [0.2, 0.25) is 0 Å². The molecule has 29 N–H and O–H groups in total. The number of thioether (sulfide) groups is 1. The lowest BCUT2D eigenvalue weighted by Gasteiger charge is -2.29. The third-order valence-electron chi connectivity index (χ3n) is 17.6. The summed E-state index contributed by atoms with van der Waals surface area (Å²) in [4.78, 5) is 258. The zero-order chi connectivity index (χ0) is 89.6. The second-order valence-corrected chi connectivity index (χ2v) is 30.3. The molecule has 0 aliphatic carbocycles. The van der Waals surface area contributed by atoms with Gasteiger partial charge in [0.15, 0.2) is 5.96 Å². The molecule has 44 nitrogen and oxygen atoms in total. The molecule has 1 aromatic rings. The number of carboxylic acid groups (broad SMARTS) is 6. The fourth-order valence-electron chi connectivity index (χ4n) is 11.5. The van der Waals surface area contributed by atoms with Gasteiger partial charge in [0.25, 0.3) is 0 Å². The summed E-state index contributed by atoms with van der Waals surface area (Å²) < 4.78 is 0. The van der Waals surface area contributed by atoms with Crippen molar-refractivity contribution in [2.45, 2.75) is 255 Å². The number of aromatic hydroxyl groups is 1. The van der Waals surface area contributed by atoms with Gasteiger partial charge in [-0.25, -0.2) is 4.79 Å². The quantitative estimate of drug-likeness (QED) is 0.0166. The number of hydrogen-bond donors (Lipinski definition) is 24. The number of carboxylic acids is 6. The van der Waals surface area contributed by atoms with Crippen molar-refractivity contribution in [1.29, 1.82) is 0 Å². The lowest BCUT2D eigenvalue weighted by Crippen LogP contribution is -2.61. The molecule has 0 heterocycles. The monoisotopic (exact) mass is 1690 g/mol. The van der Waals surface area contributed by atoms with Gasteiger partial charge in [0.2, 0.25) is 76.8 Å². The largest absolute Gasteiger partial charge is 0.508 e. The van der Waals surface area contributed by atoms with Crippen molar-refractivity contribution in [2.75, 3.05) is 25.1 Å². The van der Waals surface area contributed by atoms with E-state index in [1.54, 1.807) is 47.8 Å². The Morgan fingerprint density at radius 2 is 0.669 bits per heavy atom.